The van der Waals surface area contributed by atoms with Gasteiger partial charge in [-0.1, -0.05) is 25.0 Å². The van der Waals surface area contributed by atoms with Gasteiger partial charge >= 0.3 is 5.69 Å². The summed E-state index contributed by atoms with van der Waals surface area (Å²) < 4.78 is 7.98. The standard InChI is InChI=1S/C21H25N5O4/c1-25-18-17(19(28)24-20(25)29)26(13-23-18)11-16(27)22-12-21(9-3-4-10-21)14-5-7-15(30-2)8-6-14/h5-8,13H,3-4,9-12H2,1-2H3,(H,22,27)(H,24,28,29). The molecule has 1 amide bonds. The fourth-order valence-corrected chi connectivity index (χ4v) is 4.35. The lowest BCUT2D eigenvalue weighted by molar-refractivity contribution is -0.121. The third-order valence-corrected chi connectivity index (χ3v) is 6.08. The summed E-state index contributed by atoms with van der Waals surface area (Å²) >= 11 is 0. The van der Waals surface area contributed by atoms with Crippen molar-refractivity contribution in [3.05, 3.63) is 57.0 Å². The molecule has 0 aliphatic heterocycles. The van der Waals surface area contributed by atoms with Crippen LogP contribution in [-0.4, -0.2) is 38.7 Å². The second-order valence-corrected chi connectivity index (χ2v) is 7.86. The summed E-state index contributed by atoms with van der Waals surface area (Å²) in [6, 6.07) is 8.04. The van der Waals surface area contributed by atoms with Gasteiger partial charge in [-0.25, -0.2) is 9.78 Å². The van der Waals surface area contributed by atoms with Crippen molar-refractivity contribution in [2.45, 2.75) is 37.6 Å². The molecule has 0 bridgehead atoms. The number of hydrogen-bond acceptors (Lipinski definition) is 5. The van der Waals surface area contributed by atoms with E-state index in [1.165, 1.54) is 28.1 Å². The molecule has 3 aromatic rings. The van der Waals surface area contributed by atoms with Gasteiger partial charge in [0, 0.05) is 19.0 Å². The number of nitrogens with one attached hydrogen (secondary N) is 2. The van der Waals surface area contributed by atoms with Gasteiger partial charge in [0.2, 0.25) is 5.91 Å². The summed E-state index contributed by atoms with van der Waals surface area (Å²) in [7, 11) is 3.17. The Kier molecular flexibility index (Phi) is 5.19. The molecule has 4 rings (SSSR count). The highest BCUT2D eigenvalue weighted by molar-refractivity contribution is 5.79. The number of methoxy groups -OCH3 is 1. The van der Waals surface area contributed by atoms with Crippen LogP contribution in [0.25, 0.3) is 11.2 Å². The van der Waals surface area contributed by atoms with Crippen LogP contribution in [0, 0.1) is 0 Å². The van der Waals surface area contributed by atoms with Gasteiger partial charge in [0.15, 0.2) is 11.2 Å². The normalized spacial score (nSPS) is 15.4. The molecule has 0 saturated heterocycles. The first-order chi connectivity index (χ1) is 14.4. The van der Waals surface area contributed by atoms with Gasteiger partial charge in [0.05, 0.1) is 13.4 Å². The smallest absolute Gasteiger partial charge is 0.329 e. The maximum atomic E-state index is 12.7. The lowest BCUT2D eigenvalue weighted by Crippen LogP contribution is -2.40. The highest BCUT2D eigenvalue weighted by Gasteiger charge is 2.36. The molecule has 1 aromatic carbocycles. The Balaban J connectivity index is 1.51. The number of benzene rings is 1. The average molecular weight is 411 g/mol. The number of amides is 1. The van der Waals surface area contributed by atoms with Crippen molar-refractivity contribution in [1.29, 1.82) is 0 Å². The molecule has 30 heavy (non-hydrogen) atoms. The van der Waals surface area contributed by atoms with Gasteiger partial charge in [-0.15, -0.1) is 0 Å². The van der Waals surface area contributed by atoms with Crippen molar-refractivity contribution in [2.75, 3.05) is 13.7 Å². The molecular formula is C21H25N5O4. The van der Waals surface area contributed by atoms with Crippen molar-refractivity contribution >= 4 is 17.1 Å². The van der Waals surface area contributed by atoms with E-state index in [2.05, 4.69) is 27.4 Å². The first kappa shape index (κ1) is 19.9. The number of aromatic nitrogens is 4. The summed E-state index contributed by atoms with van der Waals surface area (Å²) in [6.07, 6.45) is 5.67. The topological polar surface area (TPSA) is 111 Å². The predicted molar refractivity (Wildman–Crippen MR) is 112 cm³/mol. The molecule has 2 N–H and O–H groups in total. The molecule has 0 unspecified atom stereocenters. The van der Waals surface area contributed by atoms with Gasteiger partial charge in [-0.05, 0) is 30.5 Å². The SMILES string of the molecule is COc1ccc(C2(CNC(=O)Cn3cnc4c3c(=O)[nH]c(=O)n4C)CCCC2)cc1. The van der Waals surface area contributed by atoms with Crippen LogP contribution < -0.4 is 21.3 Å². The van der Waals surface area contributed by atoms with Crippen LogP contribution in [0.5, 0.6) is 5.75 Å². The molecule has 9 heteroatoms. The fraction of sp³-hybridized carbons (Fsp3) is 0.429. The van der Waals surface area contributed by atoms with Crippen LogP contribution in [0.15, 0.2) is 40.2 Å². The number of carbonyl (C=O) groups excluding carboxylic acids is 1. The Morgan fingerprint density at radius 2 is 1.93 bits per heavy atom. The zero-order chi connectivity index (χ0) is 21.3. The highest BCUT2D eigenvalue weighted by Crippen LogP contribution is 2.41. The Morgan fingerprint density at radius 3 is 2.60 bits per heavy atom. The first-order valence-corrected chi connectivity index (χ1v) is 9.99. The Morgan fingerprint density at radius 1 is 1.23 bits per heavy atom. The zero-order valence-corrected chi connectivity index (χ0v) is 17.1. The van der Waals surface area contributed by atoms with Gasteiger partial charge < -0.3 is 14.6 Å². The first-order valence-electron chi connectivity index (χ1n) is 9.99. The number of H-pyrrole nitrogens is 1. The lowest BCUT2D eigenvalue weighted by atomic mass is 9.78. The number of aryl methyl sites for hydroxylation is 1. The molecule has 2 aromatic heterocycles. The van der Waals surface area contributed by atoms with Crippen LogP contribution in [-0.2, 0) is 23.8 Å². The van der Waals surface area contributed by atoms with Crippen LogP contribution >= 0.6 is 0 Å². The van der Waals surface area contributed by atoms with E-state index >= 15 is 0 Å². The summed E-state index contributed by atoms with van der Waals surface area (Å²) in [5.41, 5.74) is 0.467. The van der Waals surface area contributed by atoms with Gasteiger partial charge in [0.1, 0.15) is 12.3 Å². The number of nitrogens with zero attached hydrogens (tertiary/aromatic N) is 3. The second kappa shape index (κ2) is 7.81. The molecule has 0 spiro atoms. The molecule has 1 aliphatic rings. The summed E-state index contributed by atoms with van der Waals surface area (Å²) in [4.78, 5) is 43.0. The largest absolute Gasteiger partial charge is 0.497 e. The van der Waals surface area contributed by atoms with Crippen LogP contribution in [0.3, 0.4) is 0 Å². The lowest BCUT2D eigenvalue weighted by Gasteiger charge is -2.30. The monoisotopic (exact) mass is 411 g/mol. The minimum atomic E-state index is -0.552. The van der Waals surface area contributed by atoms with Crippen LogP contribution in [0.2, 0.25) is 0 Å². The Labute approximate surface area is 172 Å². The van der Waals surface area contributed by atoms with Crippen LogP contribution in [0.1, 0.15) is 31.2 Å². The molecule has 2 heterocycles. The number of ether oxygens (including phenoxy) is 1. The van der Waals surface area contributed by atoms with Crippen molar-refractivity contribution < 1.29 is 9.53 Å². The van der Waals surface area contributed by atoms with E-state index < -0.39 is 11.2 Å². The molecule has 0 radical (unpaired) electrons. The number of imidazole rings is 1. The summed E-state index contributed by atoms with van der Waals surface area (Å²) in [6.45, 7) is 0.482. The van der Waals surface area contributed by atoms with E-state index in [9.17, 15) is 14.4 Å². The average Bonchev–Trinajstić information content (AvgIpc) is 3.39. The Hall–Kier alpha value is -3.36. The third-order valence-electron chi connectivity index (χ3n) is 6.08. The fourth-order valence-electron chi connectivity index (χ4n) is 4.35. The number of rotatable bonds is 6. The molecule has 0 atom stereocenters. The maximum absolute atomic E-state index is 12.7. The molecule has 1 fully saturated rings. The van der Waals surface area contributed by atoms with E-state index in [4.69, 9.17) is 4.74 Å². The van der Waals surface area contributed by atoms with E-state index in [0.717, 1.165) is 31.4 Å². The number of aromatic amines is 1. The number of hydrogen-bond donors (Lipinski definition) is 2. The van der Waals surface area contributed by atoms with E-state index in [1.807, 2.05) is 12.1 Å². The van der Waals surface area contributed by atoms with Crippen LogP contribution in [0.4, 0.5) is 0 Å². The number of fused-ring (bicyclic) bond motifs is 1. The second-order valence-electron chi connectivity index (χ2n) is 7.86. The third kappa shape index (κ3) is 3.51. The Bertz CT molecular complexity index is 1180. The molecule has 158 valence electrons. The molecular weight excluding hydrogens is 386 g/mol. The van der Waals surface area contributed by atoms with Crippen molar-refractivity contribution in [3.8, 4) is 5.75 Å². The molecule has 1 aliphatic carbocycles. The van der Waals surface area contributed by atoms with Crippen molar-refractivity contribution in [1.82, 2.24) is 24.4 Å². The van der Waals surface area contributed by atoms with Crippen molar-refractivity contribution in [3.63, 3.8) is 0 Å². The highest BCUT2D eigenvalue weighted by atomic mass is 16.5. The van der Waals surface area contributed by atoms with E-state index in [-0.39, 0.29) is 29.0 Å². The van der Waals surface area contributed by atoms with Crippen molar-refractivity contribution in [2.24, 2.45) is 7.05 Å². The van der Waals surface area contributed by atoms with Gasteiger partial charge in [0.25, 0.3) is 5.56 Å². The summed E-state index contributed by atoms with van der Waals surface area (Å²) in [5, 5.41) is 3.04. The summed E-state index contributed by atoms with van der Waals surface area (Å²) in [5.74, 6) is 0.602. The van der Waals surface area contributed by atoms with E-state index in [0.29, 0.717) is 6.54 Å². The number of carbonyl (C=O) groups is 1. The van der Waals surface area contributed by atoms with Gasteiger partial charge in [-0.2, -0.15) is 0 Å². The van der Waals surface area contributed by atoms with E-state index in [1.54, 1.807) is 7.11 Å². The minimum absolute atomic E-state index is 0.0452. The predicted octanol–water partition coefficient (Wildman–Crippen LogP) is 1.06. The molecule has 9 nitrogen and oxygen atoms in total. The maximum Gasteiger partial charge on any atom is 0.329 e. The van der Waals surface area contributed by atoms with Gasteiger partial charge in [-0.3, -0.25) is 19.1 Å². The minimum Gasteiger partial charge on any atom is -0.497 e. The molecule has 1 saturated carbocycles. The zero-order valence-electron chi connectivity index (χ0n) is 17.1. The quantitative estimate of drug-likeness (QED) is 0.630.